The van der Waals surface area contributed by atoms with Crippen LogP contribution in [0.15, 0.2) is 60.8 Å². The highest BCUT2D eigenvalue weighted by molar-refractivity contribution is 6.03. The maximum atomic E-state index is 13.0. The quantitative estimate of drug-likeness (QED) is 0.273. The number of nitrogens with one attached hydrogen (secondary N) is 1. The molecule has 2 amide bonds. The normalized spacial score (nSPS) is 14.2. The minimum Gasteiger partial charge on any atom is -0.487 e. The topological polar surface area (TPSA) is 121 Å². The number of carbonyl (C=O) groups is 2. The van der Waals surface area contributed by atoms with Gasteiger partial charge < -0.3 is 30.2 Å². The highest BCUT2D eigenvalue weighted by Crippen LogP contribution is 2.37. The number of primary amides is 1. The van der Waals surface area contributed by atoms with E-state index in [0.29, 0.717) is 52.4 Å². The van der Waals surface area contributed by atoms with E-state index in [9.17, 15) is 9.59 Å². The van der Waals surface area contributed by atoms with Gasteiger partial charge in [-0.1, -0.05) is 12.1 Å². The molecule has 1 fully saturated rings. The van der Waals surface area contributed by atoms with Crippen LogP contribution >= 0.6 is 0 Å². The first-order valence-corrected chi connectivity index (χ1v) is 13.6. The molecular weight excluding hydrogens is 522 g/mol. The van der Waals surface area contributed by atoms with Gasteiger partial charge in [-0.15, -0.1) is 0 Å². The van der Waals surface area contributed by atoms with Gasteiger partial charge in [-0.25, -0.2) is 9.78 Å². The van der Waals surface area contributed by atoms with E-state index in [2.05, 4.69) is 22.2 Å². The predicted molar refractivity (Wildman–Crippen MR) is 157 cm³/mol. The minimum absolute atomic E-state index is 0.252. The number of ether oxygens (including phenoxy) is 3. The lowest BCUT2D eigenvalue weighted by Crippen LogP contribution is -2.29. The molecule has 1 saturated heterocycles. The molecule has 4 aromatic rings. The maximum absolute atomic E-state index is 13.0. The second kappa shape index (κ2) is 12.4. The first-order chi connectivity index (χ1) is 19.8. The van der Waals surface area contributed by atoms with Crippen molar-refractivity contribution in [2.75, 3.05) is 45.8 Å². The molecule has 1 aliphatic heterocycles. The fourth-order valence-electron chi connectivity index (χ4n) is 5.18. The zero-order chi connectivity index (χ0) is 28.9. The molecule has 3 N–H and O–H groups in total. The van der Waals surface area contributed by atoms with Crippen LogP contribution in [-0.2, 0) is 4.74 Å². The number of anilines is 1. The number of amides is 2. The maximum Gasteiger partial charge on any atom is 0.323 e. The summed E-state index contributed by atoms with van der Waals surface area (Å²) < 4.78 is 18.6. The molecule has 0 aliphatic carbocycles. The summed E-state index contributed by atoms with van der Waals surface area (Å²) in [6, 6.07) is 15.9. The molecule has 41 heavy (non-hydrogen) atoms. The smallest absolute Gasteiger partial charge is 0.323 e. The Hall–Kier alpha value is -4.41. The standard InChI is InChI=1S/C31H35N5O5/c1-20-16-24-17-28(27(40-15-14-39-3)19-26(24)36(20)31(32)38)41-25-8-11-33-29(18-25)34-30(37)23-6-4-21(5-7-23)22-9-12-35(2)13-10-22/h4-8,11,16-19,22H,9-10,12-15H2,1-3H3,(H2,32,38)(H,33,34,37). The van der Waals surface area contributed by atoms with Crippen molar-refractivity contribution in [2.24, 2.45) is 5.73 Å². The lowest BCUT2D eigenvalue weighted by atomic mass is 9.89. The van der Waals surface area contributed by atoms with Gasteiger partial charge >= 0.3 is 6.03 Å². The Labute approximate surface area is 239 Å². The van der Waals surface area contributed by atoms with Crippen LogP contribution < -0.4 is 20.5 Å². The third-order valence-electron chi connectivity index (χ3n) is 7.38. The second-order valence-electron chi connectivity index (χ2n) is 10.3. The van der Waals surface area contributed by atoms with E-state index < -0.39 is 6.03 Å². The fourth-order valence-corrected chi connectivity index (χ4v) is 5.18. The monoisotopic (exact) mass is 557 g/mol. The number of likely N-dealkylation sites (tertiary alicyclic amines) is 1. The van der Waals surface area contributed by atoms with Crippen molar-refractivity contribution >= 4 is 28.7 Å². The van der Waals surface area contributed by atoms with Crippen LogP contribution in [-0.4, -0.2) is 66.9 Å². The first-order valence-electron chi connectivity index (χ1n) is 13.6. The Kier molecular flexibility index (Phi) is 8.51. The summed E-state index contributed by atoms with van der Waals surface area (Å²) in [7, 11) is 3.73. The van der Waals surface area contributed by atoms with E-state index in [1.807, 2.05) is 30.3 Å². The summed E-state index contributed by atoms with van der Waals surface area (Å²) in [6.07, 6.45) is 3.81. The number of hydrogen-bond acceptors (Lipinski definition) is 7. The van der Waals surface area contributed by atoms with Gasteiger partial charge in [-0.3, -0.25) is 9.36 Å². The number of aromatic nitrogens is 2. The highest BCUT2D eigenvalue weighted by atomic mass is 16.5. The van der Waals surface area contributed by atoms with Crippen molar-refractivity contribution in [1.82, 2.24) is 14.5 Å². The molecule has 0 atom stereocenters. The lowest BCUT2D eigenvalue weighted by molar-refractivity contribution is 0.102. The molecule has 214 valence electrons. The molecule has 10 heteroatoms. The number of rotatable bonds is 9. The number of nitrogens with two attached hydrogens (primary N) is 1. The molecule has 2 aromatic heterocycles. The van der Waals surface area contributed by atoms with Crippen LogP contribution in [0.1, 0.15) is 40.4 Å². The number of fused-ring (bicyclic) bond motifs is 1. The summed E-state index contributed by atoms with van der Waals surface area (Å²) in [4.78, 5) is 31.6. The SMILES string of the molecule is COCCOc1cc2c(cc1Oc1ccnc(NC(=O)c3ccc(C4CCN(C)CC4)cc3)c1)cc(C)n2C(N)=O. The zero-order valence-corrected chi connectivity index (χ0v) is 23.6. The van der Waals surface area contributed by atoms with E-state index in [4.69, 9.17) is 19.9 Å². The molecule has 0 spiro atoms. The summed E-state index contributed by atoms with van der Waals surface area (Å²) in [5.41, 5.74) is 8.72. The van der Waals surface area contributed by atoms with Gasteiger partial charge in [0.15, 0.2) is 11.5 Å². The van der Waals surface area contributed by atoms with E-state index in [1.165, 1.54) is 10.1 Å². The number of piperidine rings is 1. The van der Waals surface area contributed by atoms with Crippen molar-refractivity contribution in [3.63, 3.8) is 0 Å². The van der Waals surface area contributed by atoms with Gasteiger partial charge in [-0.05, 0) is 81.7 Å². The number of nitrogens with zero attached hydrogens (tertiary/aromatic N) is 3. The number of carbonyl (C=O) groups excluding carboxylic acids is 2. The summed E-state index contributed by atoms with van der Waals surface area (Å²) in [5.74, 6) is 1.93. The summed E-state index contributed by atoms with van der Waals surface area (Å²) in [6.45, 7) is 4.63. The fraction of sp³-hybridized carbons (Fsp3) is 0.323. The van der Waals surface area contributed by atoms with Crippen molar-refractivity contribution in [3.8, 4) is 17.2 Å². The summed E-state index contributed by atoms with van der Waals surface area (Å²) >= 11 is 0. The van der Waals surface area contributed by atoms with Crippen LogP contribution in [0, 0.1) is 6.92 Å². The molecule has 0 saturated carbocycles. The van der Waals surface area contributed by atoms with E-state index in [-0.39, 0.29) is 12.5 Å². The largest absolute Gasteiger partial charge is 0.487 e. The zero-order valence-electron chi connectivity index (χ0n) is 23.6. The van der Waals surface area contributed by atoms with Crippen LogP contribution in [0.3, 0.4) is 0 Å². The van der Waals surface area contributed by atoms with Gasteiger partial charge in [0, 0.05) is 42.1 Å². The second-order valence-corrected chi connectivity index (χ2v) is 10.3. The van der Waals surface area contributed by atoms with Gasteiger partial charge in [0.1, 0.15) is 18.2 Å². The number of pyridine rings is 1. The van der Waals surface area contributed by atoms with Gasteiger partial charge in [0.05, 0.1) is 12.1 Å². The number of benzene rings is 2. The van der Waals surface area contributed by atoms with E-state index in [1.54, 1.807) is 44.5 Å². The average Bonchev–Trinajstić information content (AvgIpc) is 3.28. The number of aryl methyl sites for hydroxylation is 1. The molecule has 5 rings (SSSR count). The molecule has 10 nitrogen and oxygen atoms in total. The molecule has 0 radical (unpaired) electrons. The van der Waals surface area contributed by atoms with E-state index in [0.717, 1.165) is 31.3 Å². The molecule has 2 aromatic carbocycles. The Bertz CT molecular complexity index is 1540. The Morgan fingerprint density at radius 1 is 1.02 bits per heavy atom. The Morgan fingerprint density at radius 2 is 1.78 bits per heavy atom. The number of hydrogen-bond donors (Lipinski definition) is 2. The molecular formula is C31H35N5O5. The van der Waals surface area contributed by atoms with Crippen LogP contribution in [0.2, 0.25) is 0 Å². The van der Waals surface area contributed by atoms with Crippen molar-refractivity contribution in [3.05, 3.63) is 77.6 Å². The van der Waals surface area contributed by atoms with Crippen LogP contribution in [0.25, 0.3) is 10.9 Å². The lowest BCUT2D eigenvalue weighted by Gasteiger charge is -2.29. The minimum atomic E-state index is -0.583. The Morgan fingerprint density at radius 3 is 2.49 bits per heavy atom. The average molecular weight is 558 g/mol. The predicted octanol–water partition coefficient (Wildman–Crippen LogP) is 5.15. The van der Waals surface area contributed by atoms with Crippen molar-refractivity contribution in [1.29, 1.82) is 0 Å². The molecule has 3 heterocycles. The van der Waals surface area contributed by atoms with Crippen molar-refractivity contribution in [2.45, 2.75) is 25.7 Å². The molecule has 0 unspecified atom stereocenters. The van der Waals surface area contributed by atoms with Crippen LogP contribution in [0.5, 0.6) is 17.2 Å². The first kappa shape index (κ1) is 28.1. The van der Waals surface area contributed by atoms with Gasteiger partial charge in [0.2, 0.25) is 0 Å². The summed E-state index contributed by atoms with van der Waals surface area (Å²) in [5, 5.41) is 3.62. The van der Waals surface area contributed by atoms with Gasteiger partial charge in [-0.2, -0.15) is 0 Å². The van der Waals surface area contributed by atoms with Crippen LogP contribution in [0.4, 0.5) is 10.6 Å². The molecule has 1 aliphatic rings. The number of methoxy groups -OCH3 is 1. The van der Waals surface area contributed by atoms with Crippen molar-refractivity contribution < 1.29 is 23.8 Å². The highest BCUT2D eigenvalue weighted by Gasteiger charge is 2.19. The van der Waals surface area contributed by atoms with Gasteiger partial charge in [0.25, 0.3) is 5.91 Å². The van der Waals surface area contributed by atoms with E-state index >= 15 is 0 Å². The third-order valence-corrected chi connectivity index (χ3v) is 7.38. The Balaban J connectivity index is 1.32. The third kappa shape index (κ3) is 6.50. The molecule has 0 bridgehead atoms.